The average molecular weight is 264 g/mol. The van der Waals surface area contributed by atoms with Gasteiger partial charge in [-0.3, -0.25) is 4.21 Å². The lowest BCUT2D eigenvalue weighted by Crippen LogP contribution is -1.96. The van der Waals surface area contributed by atoms with Crippen LogP contribution < -0.4 is 0 Å². The quantitative estimate of drug-likeness (QED) is 0.337. The normalized spacial score (nSPS) is 13.1. The number of rotatable bonds is 10. The Hall–Kier alpha value is 0.330. The van der Waals surface area contributed by atoms with Gasteiger partial charge in [-0.05, 0) is 11.8 Å². The molecule has 0 rings (SSSR count). The van der Waals surface area contributed by atoms with Crippen LogP contribution in [0, 0.1) is 0 Å². The predicted molar refractivity (Wildman–Crippen MR) is 76.8 cm³/mol. The van der Waals surface area contributed by atoms with E-state index in [0.29, 0.717) is 11.5 Å². The molecule has 1 atom stereocenters. The second kappa shape index (κ2) is 12.4. The van der Waals surface area contributed by atoms with E-state index < -0.39 is 10.8 Å². The molecule has 4 heteroatoms. The van der Waals surface area contributed by atoms with Crippen molar-refractivity contribution in [3.05, 3.63) is 24.1 Å². The molecule has 15 heavy (non-hydrogen) atoms. The molecule has 0 saturated carbocycles. The van der Waals surface area contributed by atoms with Gasteiger partial charge < -0.3 is 0 Å². The summed E-state index contributed by atoms with van der Waals surface area (Å²) in [4.78, 5) is 0. The van der Waals surface area contributed by atoms with E-state index in [2.05, 4.69) is 13.5 Å². The summed E-state index contributed by atoms with van der Waals surface area (Å²) in [6.07, 6.45) is 7.58. The first-order chi connectivity index (χ1) is 7.31. The van der Waals surface area contributed by atoms with Crippen LogP contribution in [0.1, 0.15) is 26.2 Å². The Morgan fingerprint density at radius 1 is 1.33 bits per heavy atom. The monoisotopic (exact) mass is 264 g/mol. The van der Waals surface area contributed by atoms with Crippen molar-refractivity contribution in [3.63, 3.8) is 0 Å². The molecule has 0 aromatic rings. The third kappa shape index (κ3) is 12.3. The second-order valence-corrected chi connectivity index (χ2v) is 7.00. The van der Waals surface area contributed by atoms with Crippen LogP contribution in [0.15, 0.2) is 24.1 Å². The van der Waals surface area contributed by atoms with Gasteiger partial charge in [0, 0.05) is 28.1 Å². The predicted octanol–water partition coefficient (Wildman–Crippen LogP) is 4.01. The smallest absolute Gasteiger partial charge is 0.0426 e. The van der Waals surface area contributed by atoms with Crippen LogP contribution in [0.5, 0.6) is 0 Å². The molecule has 1 nitrogen and oxygen atoms in total. The molecule has 0 heterocycles. The molecule has 0 amide bonds. The molecular formula is C11H20OS3. The highest BCUT2D eigenvalue weighted by Gasteiger charge is 1.91. The zero-order valence-electron chi connectivity index (χ0n) is 9.31. The van der Waals surface area contributed by atoms with E-state index in [1.165, 1.54) is 25.0 Å². The molecule has 0 N–H and O–H groups in total. The Morgan fingerprint density at radius 3 is 2.80 bits per heavy atom. The fraction of sp³-hybridized carbons (Fsp3) is 0.636. The molecule has 0 aliphatic heterocycles. The fourth-order valence-electron chi connectivity index (χ4n) is 0.884. The average Bonchev–Trinajstić information content (AvgIpc) is 2.22. The number of hydrogen-bond acceptors (Lipinski definition) is 3. The van der Waals surface area contributed by atoms with E-state index in [9.17, 15) is 4.21 Å². The van der Waals surface area contributed by atoms with Crippen molar-refractivity contribution in [1.82, 2.24) is 0 Å². The molecule has 0 aliphatic carbocycles. The minimum atomic E-state index is -0.758. The summed E-state index contributed by atoms with van der Waals surface area (Å²) < 4.78 is 11.2. The third-order valence-electron chi connectivity index (χ3n) is 1.64. The van der Waals surface area contributed by atoms with Crippen molar-refractivity contribution in [2.45, 2.75) is 26.2 Å². The van der Waals surface area contributed by atoms with Crippen LogP contribution in [-0.2, 0) is 10.8 Å². The van der Waals surface area contributed by atoms with E-state index in [-0.39, 0.29) is 0 Å². The molecule has 0 aromatic carbocycles. The molecule has 0 spiro atoms. The standard InChI is InChI=1S/C11H20OS3/c1-3-5-6-8-13-14-9-7-11-15(12)10-4-2/h4,7,9H,2-3,5-6,8,10-11H2,1H3/b9-7-. The fourth-order valence-corrected chi connectivity index (χ4v) is 3.50. The molecule has 1 unspecified atom stereocenters. The second-order valence-electron chi connectivity index (χ2n) is 3.06. The van der Waals surface area contributed by atoms with E-state index in [1.807, 2.05) is 22.3 Å². The first-order valence-electron chi connectivity index (χ1n) is 5.20. The highest BCUT2D eigenvalue weighted by atomic mass is 33.1. The maximum Gasteiger partial charge on any atom is 0.0426 e. The number of hydrogen-bond donors (Lipinski definition) is 0. The topological polar surface area (TPSA) is 17.1 Å². The van der Waals surface area contributed by atoms with Crippen LogP contribution >= 0.6 is 21.6 Å². The van der Waals surface area contributed by atoms with E-state index >= 15 is 0 Å². The summed E-state index contributed by atoms with van der Waals surface area (Å²) in [5.41, 5.74) is 0. The van der Waals surface area contributed by atoms with Crippen LogP contribution in [0.2, 0.25) is 0 Å². The minimum Gasteiger partial charge on any atom is -0.259 e. The summed E-state index contributed by atoms with van der Waals surface area (Å²) in [6, 6.07) is 0. The molecule has 0 fully saturated rings. The summed E-state index contributed by atoms with van der Waals surface area (Å²) in [6.45, 7) is 5.78. The van der Waals surface area contributed by atoms with Crippen molar-refractivity contribution in [2.75, 3.05) is 17.3 Å². The zero-order chi connectivity index (χ0) is 11.4. The first kappa shape index (κ1) is 15.3. The highest BCUT2D eigenvalue weighted by molar-refractivity contribution is 8.77. The van der Waals surface area contributed by atoms with E-state index in [1.54, 1.807) is 16.9 Å². The summed E-state index contributed by atoms with van der Waals surface area (Å²) in [7, 11) is 2.85. The summed E-state index contributed by atoms with van der Waals surface area (Å²) >= 11 is 0. The van der Waals surface area contributed by atoms with Gasteiger partial charge >= 0.3 is 0 Å². The van der Waals surface area contributed by atoms with Gasteiger partial charge in [-0.2, -0.15) is 0 Å². The van der Waals surface area contributed by atoms with Crippen molar-refractivity contribution in [2.24, 2.45) is 0 Å². The van der Waals surface area contributed by atoms with Gasteiger partial charge in [-0.15, -0.1) is 6.58 Å². The Balaban J connectivity index is 3.23. The van der Waals surface area contributed by atoms with Crippen molar-refractivity contribution in [1.29, 1.82) is 0 Å². The van der Waals surface area contributed by atoms with E-state index in [4.69, 9.17) is 0 Å². The molecule has 0 radical (unpaired) electrons. The van der Waals surface area contributed by atoms with Gasteiger partial charge in [0.05, 0.1) is 0 Å². The van der Waals surface area contributed by atoms with Gasteiger partial charge in [0.2, 0.25) is 0 Å². The third-order valence-corrected chi connectivity index (χ3v) is 4.95. The van der Waals surface area contributed by atoms with Crippen LogP contribution in [0.25, 0.3) is 0 Å². The lowest BCUT2D eigenvalue weighted by atomic mass is 10.3. The van der Waals surface area contributed by atoms with Crippen LogP contribution in [-0.4, -0.2) is 21.5 Å². The van der Waals surface area contributed by atoms with Gasteiger partial charge in [-0.1, -0.05) is 53.5 Å². The van der Waals surface area contributed by atoms with Gasteiger partial charge in [0.15, 0.2) is 0 Å². The van der Waals surface area contributed by atoms with Gasteiger partial charge in [0.1, 0.15) is 0 Å². The van der Waals surface area contributed by atoms with Crippen LogP contribution in [0.4, 0.5) is 0 Å². The van der Waals surface area contributed by atoms with Gasteiger partial charge in [-0.25, -0.2) is 0 Å². The molecular weight excluding hydrogens is 244 g/mol. The van der Waals surface area contributed by atoms with Crippen molar-refractivity contribution in [3.8, 4) is 0 Å². The molecule has 0 bridgehead atoms. The zero-order valence-corrected chi connectivity index (χ0v) is 11.8. The molecule has 0 aliphatic rings. The summed E-state index contributed by atoms with van der Waals surface area (Å²) in [5.74, 6) is 2.45. The highest BCUT2D eigenvalue weighted by Crippen LogP contribution is 2.23. The lowest BCUT2D eigenvalue weighted by Gasteiger charge is -1.95. The lowest BCUT2D eigenvalue weighted by molar-refractivity contribution is 0.687. The van der Waals surface area contributed by atoms with Crippen LogP contribution in [0.3, 0.4) is 0 Å². The molecule has 88 valence electrons. The van der Waals surface area contributed by atoms with Crippen molar-refractivity contribution >= 4 is 32.4 Å². The Labute approximate surface area is 104 Å². The van der Waals surface area contributed by atoms with Crippen molar-refractivity contribution < 1.29 is 4.21 Å². The van der Waals surface area contributed by atoms with E-state index in [0.717, 1.165) is 0 Å². The molecule has 0 saturated heterocycles. The Bertz CT molecular complexity index is 202. The maximum absolute atomic E-state index is 11.2. The van der Waals surface area contributed by atoms with Gasteiger partial charge in [0.25, 0.3) is 0 Å². The summed E-state index contributed by atoms with van der Waals surface area (Å²) in [5, 5.41) is 2.04. The number of unbranched alkanes of at least 4 members (excludes halogenated alkanes) is 2. The first-order valence-corrected chi connectivity index (χ1v) is 9.07. The Morgan fingerprint density at radius 2 is 2.13 bits per heavy atom. The Kier molecular flexibility index (Phi) is 12.7. The maximum atomic E-state index is 11.2. The SMILES string of the molecule is C=CCS(=O)C/C=C\SSCCCCC. The molecule has 0 aromatic heterocycles. The largest absolute Gasteiger partial charge is 0.259 e. The minimum absolute atomic E-state index is 0.596.